The molecule has 0 fully saturated rings. The Bertz CT molecular complexity index is 566. The number of pyridine rings is 1. The van der Waals surface area contributed by atoms with Crippen LogP contribution in [-0.4, -0.2) is 21.5 Å². The zero-order chi connectivity index (χ0) is 13.1. The summed E-state index contributed by atoms with van der Waals surface area (Å²) in [6.45, 7) is 2.98. The van der Waals surface area contributed by atoms with Crippen LogP contribution in [0.25, 0.3) is 11.4 Å². The molecule has 1 aliphatic rings. The Labute approximate surface area is 113 Å². The van der Waals surface area contributed by atoms with Crippen molar-refractivity contribution < 1.29 is 0 Å². The number of hydrogen-bond acceptors (Lipinski definition) is 4. The molecule has 0 radical (unpaired) electrons. The van der Waals surface area contributed by atoms with E-state index in [4.69, 9.17) is 4.98 Å². The van der Waals surface area contributed by atoms with Crippen LogP contribution >= 0.6 is 0 Å². The molecule has 19 heavy (non-hydrogen) atoms. The highest BCUT2D eigenvalue weighted by Gasteiger charge is 2.17. The van der Waals surface area contributed by atoms with Crippen LogP contribution in [0.1, 0.15) is 31.0 Å². The predicted octanol–water partition coefficient (Wildman–Crippen LogP) is 2.85. The third-order valence-corrected chi connectivity index (χ3v) is 3.45. The van der Waals surface area contributed by atoms with Crippen LogP contribution in [0.3, 0.4) is 0 Å². The minimum absolute atomic E-state index is 0.782. The smallest absolute Gasteiger partial charge is 0.163 e. The lowest BCUT2D eigenvalue weighted by molar-refractivity contribution is 0.664. The van der Waals surface area contributed by atoms with Gasteiger partial charge in [0, 0.05) is 35.8 Å². The molecule has 0 aromatic carbocycles. The average Bonchev–Trinajstić information content (AvgIpc) is 2.48. The molecule has 0 saturated heterocycles. The summed E-state index contributed by atoms with van der Waals surface area (Å²) in [7, 11) is 0. The molecule has 98 valence electrons. The van der Waals surface area contributed by atoms with E-state index in [1.54, 1.807) is 6.20 Å². The van der Waals surface area contributed by atoms with Gasteiger partial charge in [0.05, 0.1) is 0 Å². The van der Waals surface area contributed by atoms with Crippen molar-refractivity contribution in [1.29, 1.82) is 0 Å². The molecule has 0 atom stereocenters. The van der Waals surface area contributed by atoms with Gasteiger partial charge < -0.3 is 5.32 Å². The van der Waals surface area contributed by atoms with Crippen molar-refractivity contribution in [1.82, 2.24) is 15.0 Å². The monoisotopic (exact) mass is 254 g/mol. The van der Waals surface area contributed by atoms with E-state index in [1.165, 1.54) is 24.1 Å². The predicted molar refractivity (Wildman–Crippen MR) is 76.1 cm³/mol. The maximum absolute atomic E-state index is 4.74. The van der Waals surface area contributed by atoms with Crippen LogP contribution in [-0.2, 0) is 12.8 Å². The molecule has 2 aromatic rings. The molecule has 4 nitrogen and oxygen atoms in total. The van der Waals surface area contributed by atoms with Crippen LogP contribution in [0, 0.1) is 0 Å². The van der Waals surface area contributed by atoms with Gasteiger partial charge in [-0.1, -0.05) is 0 Å². The van der Waals surface area contributed by atoms with E-state index in [0.717, 1.165) is 36.6 Å². The van der Waals surface area contributed by atoms with Gasteiger partial charge in [-0.05, 0) is 44.7 Å². The van der Waals surface area contributed by atoms with Gasteiger partial charge in [0.15, 0.2) is 5.82 Å². The molecule has 0 amide bonds. The average molecular weight is 254 g/mol. The topological polar surface area (TPSA) is 50.7 Å². The summed E-state index contributed by atoms with van der Waals surface area (Å²) in [5.74, 6) is 1.79. The Morgan fingerprint density at radius 1 is 1.21 bits per heavy atom. The summed E-state index contributed by atoms with van der Waals surface area (Å²) in [6.07, 6.45) is 8.20. The second-order valence-electron chi connectivity index (χ2n) is 4.80. The first-order valence-electron chi connectivity index (χ1n) is 6.92. The highest BCUT2D eigenvalue weighted by molar-refractivity contribution is 5.59. The first kappa shape index (κ1) is 12.1. The zero-order valence-electron chi connectivity index (χ0n) is 11.2. The van der Waals surface area contributed by atoms with Crippen LogP contribution in [0.5, 0.6) is 0 Å². The van der Waals surface area contributed by atoms with E-state index < -0.39 is 0 Å². The van der Waals surface area contributed by atoms with Gasteiger partial charge in [-0.3, -0.25) is 4.98 Å². The van der Waals surface area contributed by atoms with Gasteiger partial charge >= 0.3 is 0 Å². The van der Waals surface area contributed by atoms with Gasteiger partial charge in [0.25, 0.3) is 0 Å². The number of anilines is 1. The van der Waals surface area contributed by atoms with E-state index in [9.17, 15) is 0 Å². The molecular formula is C15H18N4. The minimum atomic E-state index is 0.782. The summed E-state index contributed by atoms with van der Waals surface area (Å²) in [6, 6.07) is 3.93. The standard InChI is InChI=1S/C15H18N4/c1-2-17-15-12-7-3-4-8-13(12)18-14(19-15)11-6-5-9-16-10-11/h5-6,9-10H,2-4,7-8H2,1H3,(H,17,18,19). The van der Waals surface area contributed by atoms with Crippen molar-refractivity contribution in [2.45, 2.75) is 32.6 Å². The SMILES string of the molecule is CCNc1nc(-c2cccnc2)nc2c1CCCC2. The Morgan fingerprint density at radius 3 is 2.89 bits per heavy atom. The van der Waals surface area contributed by atoms with Crippen LogP contribution in [0.2, 0.25) is 0 Å². The molecule has 3 rings (SSSR count). The summed E-state index contributed by atoms with van der Waals surface area (Å²) in [5, 5.41) is 3.37. The van der Waals surface area contributed by atoms with E-state index in [0.29, 0.717) is 0 Å². The van der Waals surface area contributed by atoms with E-state index >= 15 is 0 Å². The molecule has 0 unspecified atom stereocenters. The number of fused-ring (bicyclic) bond motifs is 1. The molecule has 0 spiro atoms. The molecule has 1 N–H and O–H groups in total. The molecule has 0 saturated carbocycles. The first-order valence-corrected chi connectivity index (χ1v) is 6.92. The Hall–Kier alpha value is -1.97. The van der Waals surface area contributed by atoms with Gasteiger partial charge in [0.1, 0.15) is 5.82 Å². The highest BCUT2D eigenvalue weighted by Crippen LogP contribution is 2.28. The second-order valence-corrected chi connectivity index (χ2v) is 4.80. The fourth-order valence-corrected chi connectivity index (χ4v) is 2.53. The number of aromatic nitrogens is 3. The summed E-state index contributed by atoms with van der Waals surface area (Å²) in [4.78, 5) is 13.6. The molecular weight excluding hydrogens is 236 g/mol. The van der Waals surface area contributed by atoms with Crippen molar-refractivity contribution in [3.63, 3.8) is 0 Å². The van der Waals surface area contributed by atoms with Crippen molar-refractivity contribution in [2.24, 2.45) is 0 Å². The Kier molecular flexibility index (Phi) is 3.40. The quantitative estimate of drug-likeness (QED) is 0.915. The minimum Gasteiger partial charge on any atom is -0.370 e. The van der Waals surface area contributed by atoms with E-state index in [2.05, 4.69) is 22.2 Å². The van der Waals surface area contributed by atoms with Gasteiger partial charge in [-0.25, -0.2) is 9.97 Å². The molecule has 1 aliphatic carbocycles. The lowest BCUT2D eigenvalue weighted by Gasteiger charge is -2.19. The molecule has 4 heteroatoms. The lowest BCUT2D eigenvalue weighted by atomic mass is 9.96. The largest absolute Gasteiger partial charge is 0.370 e. The normalized spacial score (nSPS) is 13.9. The molecule has 0 bridgehead atoms. The Morgan fingerprint density at radius 2 is 2.11 bits per heavy atom. The van der Waals surface area contributed by atoms with Crippen molar-refractivity contribution in [3.8, 4) is 11.4 Å². The highest BCUT2D eigenvalue weighted by atomic mass is 15.0. The fraction of sp³-hybridized carbons (Fsp3) is 0.400. The van der Waals surface area contributed by atoms with Crippen LogP contribution < -0.4 is 5.32 Å². The number of hydrogen-bond donors (Lipinski definition) is 1. The fourth-order valence-electron chi connectivity index (χ4n) is 2.53. The van der Waals surface area contributed by atoms with E-state index in [1.807, 2.05) is 18.3 Å². The van der Waals surface area contributed by atoms with Gasteiger partial charge in [-0.2, -0.15) is 0 Å². The number of nitrogens with zero attached hydrogens (tertiary/aromatic N) is 3. The van der Waals surface area contributed by atoms with Crippen molar-refractivity contribution >= 4 is 5.82 Å². The summed E-state index contributed by atoms with van der Waals surface area (Å²) in [5.41, 5.74) is 3.49. The second kappa shape index (κ2) is 5.34. The maximum atomic E-state index is 4.74. The van der Waals surface area contributed by atoms with Crippen LogP contribution in [0.4, 0.5) is 5.82 Å². The number of rotatable bonds is 3. The van der Waals surface area contributed by atoms with Crippen molar-refractivity contribution in [2.75, 3.05) is 11.9 Å². The third kappa shape index (κ3) is 2.43. The molecule has 2 heterocycles. The summed E-state index contributed by atoms with van der Waals surface area (Å²) < 4.78 is 0. The maximum Gasteiger partial charge on any atom is 0.163 e. The first-order chi connectivity index (χ1) is 9.38. The number of nitrogens with one attached hydrogen (secondary N) is 1. The summed E-state index contributed by atoms with van der Waals surface area (Å²) >= 11 is 0. The zero-order valence-corrected chi connectivity index (χ0v) is 11.2. The van der Waals surface area contributed by atoms with E-state index in [-0.39, 0.29) is 0 Å². The van der Waals surface area contributed by atoms with Crippen LogP contribution in [0.15, 0.2) is 24.5 Å². The van der Waals surface area contributed by atoms with Crippen molar-refractivity contribution in [3.05, 3.63) is 35.8 Å². The molecule has 2 aromatic heterocycles. The lowest BCUT2D eigenvalue weighted by Crippen LogP contribution is -2.13. The van der Waals surface area contributed by atoms with Gasteiger partial charge in [-0.15, -0.1) is 0 Å². The third-order valence-electron chi connectivity index (χ3n) is 3.45. The number of aryl methyl sites for hydroxylation is 1. The van der Waals surface area contributed by atoms with Gasteiger partial charge in [0.2, 0.25) is 0 Å². The molecule has 0 aliphatic heterocycles. The Balaban J connectivity index is 2.09.